The maximum Gasteiger partial charge on any atom is 0.243 e. The van der Waals surface area contributed by atoms with Gasteiger partial charge in [0.25, 0.3) is 0 Å². The standard InChI is InChI=1S/C15H25N3O2S2/c1-6-18(7-2)22(19,20)13-9-8-12(5)14(10-13)17-15(21)16-11(3)4/h8-11H,6-7H2,1-5H3,(H2,16,17,21). The van der Waals surface area contributed by atoms with Crippen molar-refractivity contribution in [2.45, 2.75) is 45.6 Å². The predicted molar refractivity (Wildman–Crippen MR) is 95.8 cm³/mol. The Morgan fingerprint density at radius 2 is 1.86 bits per heavy atom. The quantitative estimate of drug-likeness (QED) is 0.778. The lowest BCUT2D eigenvalue weighted by molar-refractivity contribution is 0.445. The molecule has 0 unspecified atom stereocenters. The lowest BCUT2D eigenvalue weighted by atomic mass is 10.2. The van der Waals surface area contributed by atoms with Gasteiger partial charge in [0, 0.05) is 24.8 Å². The normalized spacial score (nSPS) is 11.8. The molecular formula is C15H25N3O2S2. The van der Waals surface area contributed by atoms with Crippen LogP contribution in [0, 0.1) is 6.92 Å². The molecule has 0 aliphatic rings. The van der Waals surface area contributed by atoms with Crippen molar-refractivity contribution < 1.29 is 8.42 Å². The van der Waals surface area contributed by atoms with Gasteiger partial charge in [0.2, 0.25) is 10.0 Å². The fraction of sp³-hybridized carbons (Fsp3) is 0.533. The third-order valence-corrected chi connectivity index (χ3v) is 5.49. The number of sulfonamides is 1. The van der Waals surface area contributed by atoms with E-state index in [0.717, 1.165) is 5.56 Å². The molecule has 0 saturated heterocycles. The van der Waals surface area contributed by atoms with E-state index in [1.807, 2.05) is 34.6 Å². The molecule has 1 aromatic rings. The molecule has 5 nitrogen and oxygen atoms in total. The summed E-state index contributed by atoms with van der Waals surface area (Å²) in [6.07, 6.45) is 0. The molecule has 0 amide bonds. The van der Waals surface area contributed by atoms with Crippen LogP contribution >= 0.6 is 12.2 Å². The van der Waals surface area contributed by atoms with Crippen molar-refractivity contribution >= 4 is 33.0 Å². The van der Waals surface area contributed by atoms with E-state index in [1.165, 1.54) is 4.31 Å². The third-order valence-electron chi connectivity index (χ3n) is 3.22. The molecular weight excluding hydrogens is 318 g/mol. The van der Waals surface area contributed by atoms with Gasteiger partial charge in [0.1, 0.15) is 0 Å². The highest BCUT2D eigenvalue weighted by atomic mass is 32.2. The van der Waals surface area contributed by atoms with Crippen LogP contribution in [0.1, 0.15) is 33.3 Å². The summed E-state index contributed by atoms with van der Waals surface area (Å²) in [4.78, 5) is 0.275. The van der Waals surface area contributed by atoms with Crippen LogP contribution in [0.15, 0.2) is 23.1 Å². The summed E-state index contributed by atoms with van der Waals surface area (Å²) < 4.78 is 26.6. The highest BCUT2D eigenvalue weighted by molar-refractivity contribution is 7.89. The number of nitrogens with zero attached hydrogens (tertiary/aromatic N) is 1. The second kappa shape index (κ2) is 7.89. The third kappa shape index (κ3) is 4.66. The number of thiocarbonyl (C=S) groups is 1. The number of aryl methyl sites for hydroxylation is 1. The Labute approximate surface area is 139 Å². The summed E-state index contributed by atoms with van der Waals surface area (Å²) in [5.41, 5.74) is 1.64. The van der Waals surface area contributed by atoms with Crippen molar-refractivity contribution in [3.05, 3.63) is 23.8 Å². The minimum atomic E-state index is -3.47. The maximum absolute atomic E-state index is 12.6. The molecule has 0 aromatic heterocycles. The molecule has 0 saturated carbocycles. The molecule has 0 bridgehead atoms. The fourth-order valence-corrected chi connectivity index (χ4v) is 3.86. The monoisotopic (exact) mass is 343 g/mol. The fourth-order valence-electron chi connectivity index (χ4n) is 2.03. The van der Waals surface area contributed by atoms with Crippen LogP contribution in [-0.4, -0.2) is 37.0 Å². The molecule has 7 heteroatoms. The van der Waals surface area contributed by atoms with Crippen molar-refractivity contribution in [1.82, 2.24) is 9.62 Å². The SMILES string of the molecule is CCN(CC)S(=O)(=O)c1ccc(C)c(NC(=S)NC(C)C)c1. The Hall–Kier alpha value is -1.18. The van der Waals surface area contributed by atoms with E-state index in [1.54, 1.807) is 18.2 Å². The molecule has 1 rings (SSSR count). The Balaban J connectivity index is 3.11. The molecule has 0 spiro atoms. The maximum atomic E-state index is 12.6. The first-order chi connectivity index (χ1) is 10.2. The van der Waals surface area contributed by atoms with Crippen molar-refractivity contribution in [3.8, 4) is 0 Å². The minimum absolute atomic E-state index is 0.211. The molecule has 0 radical (unpaired) electrons. The first-order valence-electron chi connectivity index (χ1n) is 7.40. The Kier molecular flexibility index (Phi) is 6.77. The highest BCUT2D eigenvalue weighted by Gasteiger charge is 2.22. The minimum Gasteiger partial charge on any atom is -0.360 e. The van der Waals surface area contributed by atoms with Crippen molar-refractivity contribution in [3.63, 3.8) is 0 Å². The lowest BCUT2D eigenvalue weighted by Crippen LogP contribution is -2.34. The summed E-state index contributed by atoms with van der Waals surface area (Å²) >= 11 is 5.22. The summed E-state index contributed by atoms with van der Waals surface area (Å²) in [6, 6.07) is 5.27. The summed E-state index contributed by atoms with van der Waals surface area (Å²) in [5, 5.41) is 6.63. The Bertz CT molecular complexity index is 624. The molecule has 0 heterocycles. The zero-order valence-electron chi connectivity index (χ0n) is 13.8. The van der Waals surface area contributed by atoms with Gasteiger partial charge in [-0.3, -0.25) is 0 Å². The molecule has 124 valence electrons. The van der Waals surface area contributed by atoms with Gasteiger partial charge in [-0.15, -0.1) is 0 Å². The van der Waals surface area contributed by atoms with Gasteiger partial charge in [-0.1, -0.05) is 19.9 Å². The van der Waals surface area contributed by atoms with Gasteiger partial charge >= 0.3 is 0 Å². The number of nitrogens with one attached hydrogen (secondary N) is 2. The Morgan fingerprint density at radius 3 is 2.36 bits per heavy atom. The van der Waals surface area contributed by atoms with Gasteiger partial charge in [0.15, 0.2) is 5.11 Å². The van der Waals surface area contributed by atoms with Gasteiger partial charge in [0.05, 0.1) is 4.90 Å². The summed E-state index contributed by atoms with van der Waals surface area (Å²) in [7, 11) is -3.47. The average Bonchev–Trinajstić information content (AvgIpc) is 2.41. The number of rotatable bonds is 6. The molecule has 2 N–H and O–H groups in total. The van der Waals surface area contributed by atoms with E-state index in [2.05, 4.69) is 10.6 Å². The van der Waals surface area contributed by atoms with Crippen LogP contribution in [0.2, 0.25) is 0 Å². The van der Waals surface area contributed by atoms with E-state index in [0.29, 0.717) is 23.9 Å². The molecule has 1 aromatic carbocycles. The van der Waals surface area contributed by atoms with Crippen LogP contribution in [0.3, 0.4) is 0 Å². The van der Waals surface area contributed by atoms with Crippen LogP contribution in [0.5, 0.6) is 0 Å². The highest BCUT2D eigenvalue weighted by Crippen LogP contribution is 2.23. The zero-order chi connectivity index (χ0) is 16.9. The van der Waals surface area contributed by atoms with Crippen molar-refractivity contribution in [1.29, 1.82) is 0 Å². The summed E-state index contributed by atoms with van der Waals surface area (Å²) in [5.74, 6) is 0. The lowest BCUT2D eigenvalue weighted by Gasteiger charge is -2.20. The molecule has 0 fully saturated rings. The molecule has 0 atom stereocenters. The van der Waals surface area contributed by atoms with Gasteiger partial charge < -0.3 is 10.6 Å². The van der Waals surface area contributed by atoms with Crippen LogP contribution in [0.4, 0.5) is 5.69 Å². The van der Waals surface area contributed by atoms with Gasteiger partial charge in [-0.05, 0) is 50.7 Å². The van der Waals surface area contributed by atoms with E-state index in [9.17, 15) is 8.42 Å². The smallest absolute Gasteiger partial charge is 0.243 e. The van der Waals surface area contributed by atoms with Gasteiger partial charge in [-0.2, -0.15) is 4.31 Å². The van der Waals surface area contributed by atoms with Crippen LogP contribution < -0.4 is 10.6 Å². The van der Waals surface area contributed by atoms with Crippen LogP contribution in [0.25, 0.3) is 0 Å². The van der Waals surface area contributed by atoms with Crippen molar-refractivity contribution in [2.75, 3.05) is 18.4 Å². The zero-order valence-corrected chi connectivity index (χ0v) is 15.4. The molecule has 0 aliphatic heterocycles. The van der Waals surface area contributed by atoms with Gasteiger partial charge in [-0.25, -0.2) is 8.42 Å². The molecule has 0 aliphatic carbocycles. The van der Waals surface area contributed by atoms with E-state index >= 15 is 0 Å². The first kappa shape index (κ1) is 18.9. The topological polar surface area (TPSA) is 61.4 Å². The largest absolute Gasteiger partial charge is 0.360 e. The van der Waals surface area contributed by atoms with E-state index in [4.69, 9.17) is 12.2 Å². The van der Waals surface area contributed by atoms with Crippen LogP contribution in [-0.2, 0) is 10.0 Å². The Morgan fingerprint density at radius 1 is 1.27 bits per heavy atom. The second-order valence-electron chi connectivity index (χ2n) is 5.32. The number of hydrogen-bond acceptors (Lipinski definition) is 3. The number of hydrogen-bond donors (Lipinski definition) is 2. The summed E-state index contributed by atoms with van der Waals surface area (Å²) in [6.45, 7) is 10.4. The number of anilines is 1. The van der Waals surface area contributed by atoms with E-state index in [-0.39, 0.29) is 10.9 Å². The predicted octanol–water partition coefficient (Wildman–Crippen LogP) is 2.72. The first-order valence-corrected chi connectivity index (χ1v) is 9.25. The van der Waals surface area contributed by atoms with E-state index < -0.39 is 10.0 Å². The average molecular weight is 344 g/mol. The second-order valence-corrected chi connectivity index (χ2v) is 7.67. The van der Waals surface area contributed by atoms with Crippen molar-refractivity contribution in [2.24, 2.45) is 0 Å². The molecule has 22 heavy (non-hydrogen) atoms. The number of benzene rings is 1.